The highest BCUT2D eigenvalue weighted by atomic mass is 32.2. The quantitative estimate of drug-likeness (QED) is 0.575. The van der Waals surface area contributed by atoms with Crippen molar-refractivity contribution < 1.29 is 18.1 Å². The Morgan fingerprint density at radius 1 is 1.36 bits per heavy atom. The molecule has 1 aromatic heterocycles. The van der Waals surface area contributed by atoms with Crippen LogP contribution >= 0.6 is 0 Å². The lowest BCUT2D eigenvalue weighted by molar-refractivity contribution is -0.385. The van der Waals surface area contributed by atoms with Crippen LogP contribution in [0.15, 0.2) is 41.6 Å². The van der Waals surface area contributed by atoms with Crippen LogP contribution in [-0.4, -0.2) is 46.4 Å². The van der Waals surface area contributed by atoms with Crippen molar-refractivity contribution in [3.63, 3.8) is 0 Å². The maximum atomic E-state index is 12.7. The molecule has 1 aromatic carbocycles. The monoisotopic (exact) mass is 407 g/mol. The number of nitrogens with zero attached hydrogens (tertiary/aromatic N) is 4. The van der Waals surface area contributed by atoms with Crippen LogP contribution in [0.2, 0.25) is 0 Å². The molecule has 150 valence electrons. The van der Waals surface area contributed by atoms with Crippen LogP contribution in [0.5, 0.6) is 0 Å². The van der Waals surface area contributed by atoms with Crippen LogP contribution in [0, 0.1) is 16.0 Å². The maximum Gasteiger partial charge on any atom is 0.307 e. The molecule has 11 heteroatoms. The van der Waals surface area contributed by atoms with Crippen molar-refractivity contribution in [1.29, 1.82) is 0 Å². The molecule has 0 radical (unpaired) electrons. The first-order valence-corrected chi connectivity index (χ1v) is 10.3. The molecule has 0 bridgehead atoms. The van der Waals surface area contributed by atoms with E-state index in [0.717, 1.165) is 29.9 Å². The second-order valence-electron chi connectivity index (χ2n) is 6.84. The molecule has 28 heavy (non-hydrogen) atoms. The van der Waals surface area contributed by atoms with E-state index < -0.39 is 20.9 Å². The molecule has 1 fully saturated rings. The zero-order valence-corrected chi connectivity index (χ0v) is 16.1. The fourth-order valence-corrected chi connectivity index (χ4v) is 4.70. The molecule has 2 heterocycles. The summed E-state index contributed by atoms with van der Waals surface area (Å²) in [5.74, 6) is -0.0985. The summed E-state index contributed by atoms with van der Waals surface area (Å²) in [6.07, 6.45) is 4.10. The molecule has 1 N–H and O–H groups in total. The highest BCUT2D eigenvalue weighted by molar-refractivity contribution is 7.89. The number of hydrogen-bond acceptors (Lipinski definition) is 6. The number of nitro groups is 1. The third-order valence-corrected chi connectivity index (χ3v) is 6.41. The third-order valence-electron chi connectivity index (χ3n) is 4.53. The third kappa shape index (κ3) is 4.54. The van der Waals surface area contributed by atoms with Gasteiger partial charge >= 0.3 is 5.69 Å². The lowest BCUT2D eigenvalue weighted by atomic mass is 10.0. The van der Waals surface area contributed by atoms with Gasteiger partial charge in [0.05, 0.1) is 9.82 Å². The van der Waals surface area contributed by atoms with Gasteiger partial charge in [-0.25, -0.2) is 8.42 Å². The van der Waals surface area contributed by atoms with E-state index in [4.69, 9.17) is 0 Å². The van der Waals surface area contributed by atoms with Gasteiger partial charge in [-0.15, -0.1) is 0 Å². The van der Waals surface area contributed by atoms with Crippen molar-refractivity contribution in [3.05, 3.63) is 46.8 Å². The summed E-state index contributed by atoms with van der Waals surface area (Å²) in [4.78, 5) is 22.3. The number of amides is 1. The molecule has 10 nitrogen and oxygen atoms in total. The average Bonchev–Trinajstić information content (AvgIpc) is 3.11. The first-order chi connectivity index (χ1) is 13.3. The van der Waals surface area contributed by atoms with Gasteiger partial charge in [-0.2, -0.15) is 9.40 Å². The van der Waals surface area contributed by atoms with Crippen LogP contribution in [0.1, 0.15) is 19.8 Å². The Balaban J connectivity index is 1.63. The predicted molar refractivity (Wildman–Crippen MR) is 101 cm³/mol. The number of carbonyl (C=O) groups excluding carboxylic acids is 1. The molecule has 0 aliphatic carbocycles. The molecule has 3 rings (SSSR count). The van der Waals surface area contributed by atoms with Crippen LogP contribution in [-0.2, 0) is 21.4 Å². The Morgan fingerprint density at radius 2 is 2.07 bits per heavy atom. The van der Waals surface area contributed by atoms with Crippen molar-refractivity contribution in [2.24, 2.45) is 5.92 Å². The highest BCUT2D eigenvalue weighted by Crippen LogP contribution is 2.24. The molecule has 1 aliphatic heterocycles. The molecule has 1 aliphatic rings. The van der Waals surface area contributed by atoms with Crippen LogP contribution in [0.3, 0.4) is 0 Å². The number of rotatable bonds is 6. The molecule has 2 aromatic rings. The van der Waals surface area contributed by atoms with Crippen LogP contribution in [0.25, 0.3) is 0 Å². The summed E-state index contributed by atoms with van der Waals surface area (Å²) in [5.41, 5.74) is 0.229. The maximum absolute atomic E-state index is 12.7. The first kappa shape index (κ1) is 20.0. The number of sulfonamides is 1. The van der Waals surface area contributed by atoms with Gasteiger partial charge in [0.25, 0.3) is 0 Å². The van der Waals surface area contributed by atoms with E-state index in [0.29, 0.717) is 24.7 Å². The number of carbonyl (C=O) groups is 1. The van der Waals surface area contributed by atoms with E-state index in [9.17, 15) is 23.3 Å². The standard InChI is InChI=1S/C17H21N5O5S/c1-13-3-2-8-21(10-13)28(26,27)16-6-4-14(5-7-16)19-17(23)12-20-11-15(9-18-20)22(24)25/h4-7,9,11,13H,2-3,8,10,12H2,1H3,(H,19,23)/t13-/m0/s1. The molecule has 0 spiro atoms. The van der Waals surface area contributed by atoms with Gasteiger partial charge in [0.15, 0.2) is 0 Å². The van der Waals surface area contributed by atoms with Gasteiger partial charge in [-0.1, -0.05) is 6.92 Å². The number of anilines is 1. The lowest BCUT2D eigenvalue weighted by Crippen LogP contribution is -2.39. The fourth-order valence-electron chi connectivity index (χ4n) is 3.10. The van der Waals surface area contributed by atoms with Gasteiger partial charge < -0.3 is 5.32 Å². The zero-order chi connectivity index (χ0) is 20.3. The Kier molecular flexibility index (Phi) is 5.75. The minimum Gasteiger partial charge on any atom is -0.324 e. The normalized spacial score (nSPS) is 18.0. The largest absolute Gasteiger partial charge is 0.324 e. The van der Waals surface area contributed by atoms with Gasteiger partial charge in [0.2, 0.25) is 15.9 Å². The van der Waals surface area contributed by atoms with Crippen molar-refractivity contribution in [1.82, 2.24) is 14.1 Å². The summed E-state index contributed by atoms with van der Waals surface area (Å²) >= 11 is 0. The van der Waals surface area contributed by atoms with E-state index in [1.807, 2.05) is 6.92 Å². The topological polar surface area (TPSA) is 127 Å². The summed E-state index contributed by atoms with van der Waals surface area (Å²) in [5, 5.41) is 17.0. The molecule has 1 atom stereocenters. The smallest absolute Gasteiger partial charge is 0.307 e. The van der Waals surface area contributed by atoms with E-state index >= 15 is 0 Å². The SMILES string of the molecule is C[C@H]1CCCN(S(=O)(=O)c2ccc(NC(=O)Cn3cc([N+](=O)[O-])cn3)cc2)C1. The Morgan fingerprint density at radius 3 is 2.68 bits per heavy atom. The number of hydrogen-bond donors (Lipinski definition) is 1. The fraction of sp³-hybridized carbons (Fsp3) is 0.412. The number of nitrogens with one attached hydrogen (secondary N) is 1. The van der Waals surface area contributed by atoms with Crippen molar-refractivity contribution in [2.45, 2.75) is 31.2 Å². The Bertz CT molecular complexity index is 970. The predicted octanol–water partition coefficient (Wildman–Crippen LogP) is 1.85. The number of piperidine rings is 1. The Hall–Kier alpha value is -2.79. The van der Waals surface area contributed by atoms with E-state index in [1.165, 1.54) is 28.6 Å². The van der Waals surface area contributed by atoms with E-state index in [-0.39, 0.29) is 17.1 Å². The minimum atomic E-state index is -3.55. The summed E-state index contributed by atoms with van der Waals surface area (Å²) in [7, 11) is -3.55. The molecule has 1 amide bonds. The van der Waals surface area contributed by atoms with Crippen molar-refractivity contribution >= 4 is 27.3 Å². The number of aromatic nitrogens is 2. The summed E-state index contributed by atoms with van der Waals surface area (Å²) in [6.45, 7) is 2.87. The minimum absolute atomic E-state index is 0.183. The van der Waals surface area contributed by atoms with E-state index in [2.05, 4.69) is 10.4 Å². The summed E-state index contributed by atoms with van der Waals surface area (Å²) < 4.78 is 28.1. The van der Waals surface area contributed by atoms with Gasteiger partial charge in [-0.3, -0.25) is 19.6 Å². The second kappa shape index (κ2) is 8.07. The molecule has 1 saturated heterocycles. The van der Waals surface area contributed by atoms with Crippen molar-refractivity contribution in [2.75, 3.05) is 18.4 Å². The van der Waals surface area contributed by atoms with Crippen LogP contribution < -0.4 is 5.32 Å². The molecule has 0 saturated carbocycles. The van der Waals surface area contributed by atoms with Gasteiger partial charge in [0, 0.05) is 18.8 Å². The zero-order valence-electron chi connectivity index (χ0n) is 15.3. The number of benzene rings is 1. The molecular weight excluding hydrogens is 386 g/mol. The Labute approximate surface area is 162 Å². The van der Waals surface area contributed by atoms with E-state index in [1.54, 1.807) is 0 Å². The average molecular weight is 407 g/mol. The first-order valence-electron chi connectivity index (χ1n) is 8.82. The summed E-state index contributed by atoms with van der Waals surface area (Å²) in [6, 6.07) is 5.96. The molecular formula is C17H21N5O5S. The lowest BCUT2D eigenvalue weighted by Gasteiger charge is -2.30. The van der Waals surface area contributed by atoms with Gasteiger partial charge in [-0.05, 0) is 43.0 Å². The highest BCUT2D eigenvalue weighted by Gasteiger charge is 2.28. The van der Waals surface area contributed by atoms with Gasteiger partial charge in [0.1, 0.15) is 18.9 Å². The second-order valence-corrected chi connectivity index (χ2v) is 8.77. The van der Waals surface area contributed by atoms with Crippen molar-refractivity contribution in [3.8, 4) is 0 Å². The molecule has 0 unspecified atom stereocenters. The van der Waals surface area contributed by atoms with Crippen LogP contribution in [0.4, 0.5) is 11.4 Å².